The summed E-state index contributed by atoms with van der Waals surface area (Å²) >= 11 is 0. The third-order valence-corrected chi connectivity index (χ3v) is 12.0. The maximum absolute atomic E-state index is 13.0. The van der Waals surface area contributed by atoms with E-state index in [0.717, 1.165) is 56.4 Å². The number of rotatable bonds is 5. The Morgan fingerprint density at radius 3 is 2.64 bits per heavy atom. The number of amides is 2. The van der Waals surface area contributed by atoms with Crippen LogP contribution in [-0.4, -0.2) is 60.0 Å². The van der Waals surface area contributed by atoms with Crippen LogP contribution in [0.5, 0.6) is 0 Å². The molecular weight excluding hydrogens is 448 g/mol. The number of fused-ring (bicyclic) bond motifs is 5. The maximum Gasteiger partial charge on any atom is 0.227 e. The van der Waals surface area contributed by atoms with E-state index in [-0.39, 0.29) is 23.8 Å². The second-order valence-electron chi connectivity index (χ2n) is 14.0. The SMILES string of the molecule is CC(CCC(=O)N1CC[C@H](C(=O)N(C)C)C1)[C@H]1CC[C@H]2[C@@H]3CC=C4C[C@@H](O)CC[C@]4(C)[C@H]3CC[C@]12C. The number of aliphatic hydroxyl groups excluding tert-OH is 1. The monoisotopic (exact) mass is 498 g/mol. The van der Waals surface area contributed by atoms with Crippen molar-refractivity contribution in [2.75, 3.05) is 27.2 Å². The highest BCUT2D eigenvalue weighted by Crippen LogP contribution is 2.67. The largest absolute Gasteiger partial charge is 0.393 e. The highest BCUT2D eigenvalue weighted by molar-refractivity contribution is 5.81. The fourth-order valence-corrected chi connectivity index (χ4v) is 9.88. The Morgan fingerprint density at radius 1 is 1.11 bits per heavy atom. The molecule has 36 heavy (non-hydrogen) atoms. The van der Waals surface area contributed by atoms with E-state index in [1.807, 2.05) is 4.90 Å². The molecule has 0 bridgehead atoms. The molecule has 5 heteroatoms. The van der Waals surface area contributed by atoms with E-state index in [1.165, 1.54) is 32.1 Å². The van der Waals surface area contributed by atoms with E-state index in [0.29, 0.717) is 35.6 Å². The molecule has 3 saturated carbocycles. The molecule has 4 aliphatic carbocycles. The van der Waals surface area contributed by atoms with E-state index >= 15 is 0 Å². The molecule has 1 saturated heterocycles. The van der Waals surface area contributed by atoms with Crippen molar-refractivity contribution in [3.8, 4) is 0 Å². The smallest absolute Gasteiger partial charge is 0.227 e. The molecule has 9 atom stereocenters. The van der Waals surface area contributed by atoms with E-state index in [1.54, 1.807) is 24.6 Å². The summed E-state index contributed by atoms with van der Waals surface area (Å²) < 4.78 is 0. The van der Waals surface area contributed by atoms with Gasteiger partial charge in [0.05, 0.1) is 12.0 Å². The lowest BCUT2D eigenvalue weighted by molar-refractivity contribution is -0.133. The van der Waals surface area contributed by atoms with Crippen LogP contribution in [-0.2, 0) is 9.59 Å². The van der Waals surface area contributed by atoms with Crippen molar-refractivity contribution >= 4 is 11.8 Å². The highest BCUT2D eigenvalue weighted by atomic mass is 16.3. The number of allylic oxidation sites excluding steroid dienone is 1. The molecule has 202 valence electrons. The average Bonchev–Trinajstić information content (AvgIpc) is 3.47. The van der Waals surface area contributed by atoms with Gasteiger partial charge in [0.25, 0.3) is 0 Å². The van der Waals surface area contributed by atoms with Gasteiger partial charge < -0.3 is 14.9 Å². The van der Waals surface area contributed by atoms with Gasteiger partial charge in [0.2, 0.25) is 11.8 Å². The molecular formula is C31H50N2O3. The van der Waals surface area contributed by atoms with Gasteiger partial charge in [0.15, 0.2) is 0 Å². The lowest BCUT2D eigenvalue weighted by atomic mass is 9.47. The van der Waals surface area contributed by atoms with Crippen LogP contribution in [0.4, 0.5) is 0 Å². The average molecular weight is 499 g/mol. The molecule has 0 radical (unpaired) electrons. The lowest BCUT2D eigenvalue weighted by Gasteiger charge is -2.58. The van der Waals surface area contributed by atoms with Crippen molar-refractivity contribution in [2.24, 2.45) is 46.3 Å². The summed E-state index contributed by atoms with van der Waals surface area (Å²) in [5, 5.41) is 10.3. The first kappa shape index (κ1) is 26.3. The van der Waals surface area contributed by atoms with Gasteiger partial charge in [-0.1, -0.05) is 32.4 Å². The van der Waals surface area contributed by atoms with Crippen molar-refractivity contribution in [1.29, 1.82) is 0 Å². The van der Waals surface area contributed by atoms with Gasteiger partial charge in [-0.3, -0.25) is 9.59 Å². The first-order valence-electron chi connectivity index (χ1n) is 14.9. The molecule has 0 aromatic carbocycles. The lowest BCUT2D eigenvalue weighted by Crippen LogP contribution is -2.50. The molecule has 5 aliphatic rings. The number of nitrogens with zero attached hydrogens (tertiary/aromatic N) is 2. The van der Waals surface area contributed by atoms with Crippen molar-refractivity contribution in [1.82, 2.24) is 9.80 Å². The van der Waals surface area contributed by atoms with E-state index < -0.39 is 0 Å². The Morgan fingerprint density at radius 2 is 1.89 bits per heavy atom. The summed E-state index contributed by atoms with van der Waals surface area (Å²) in [4.78, 5) is 28.9. The van der Waals surface area contributed by atoms with Gasteiger partial charge in [0.1, 0.15) is 0 Å². The van der Waals surface area contributed by atoms with Crippen LogP contribution in [0, 0.1) is 46.3 Å². The molecule has 1 unspecified atom stereocenters. The second-order valence-corrected chi connectivity index (χ2v) is 14.0. The normalized spacial score (nSPS) is 42.7. The minimum absolute atomic E-state index is 0.0228. The van der Waals surface area contributed by atoms with Crippen LogP contribution in [0.2, 0.25) is 0 Å². The Kier molecular flexibility index (Phi) is 7.11. The van der Waals surface area contributed by atoms with Crippen LogP contribution in [0.25, 0.3) is 0 Å². The third-order valence-electron chi connectivity index (χ3n) is 12.0. The van der Waals surface area contributed by atoms with Gasteiger partial charge in [-0.15, -0.1) is 0 Å². The Bertz CT molecular complexity index is 898. The molecule has 1 heterocycles. The molecule has 1 N–H and O–H groups in total. The fourth-order valence-electron chi connectivity index (χ4n) is 9.88. The quantitative estimate of drug-likeness (QED) is 0.525. The second kappa shape index (κ2) is 9.75. The summed E-state index contributed by atoms with van der Waals surface area (Å²) in [6.07, 6.45) is 14.4. The summed E-state index contributed by atoms with van der Waals surface area (Å²) in [5.41, 5.74) is 2.27. The number of carbonyl (C=O) groups is 2. The fraction of sp³-hybridized carbons (Fsp3) is 0.871. The van der Waals surface area contributed by atoms with Crippen LogP contribution in [0.1, 0.15) is 91.4 Å². The molecule has 5 rings (SSSR count). The number of likely N-dealkylation sites (tertiary alicyclic amines) is 1. The first-order chi connectivity index (χ1) is 17.0. The van der Waals surface area contributed by atoms with Gasteiger partial charge in [-0.05, 0) is 105 Å². The van der Waals surface area contributed by atoms with Gasteiger partial charge in [-0.25, -0.2) is 0 Å². The molecule has 0 aromatic heterocycles. The van der Waals surface area contributed by atoms with Crippen LogP contribution in [0.15, 0.2) is 11.6 Å². The zero-order chi connectivity index (χ0) is 25.8. The molecule has 2 amide bonds. The predicted octanol–water partition coefficient (Wildman–Crippen LogP) is 5.28. The van der Waals surface area contributed by atoms with Crippen molar-refractivity contribution < 1.29 is 14.7 Å². The van der Waals surface area contributed by atoms with E-state index in [4.69, 9.17) is 0 Å². The molecule has 0 aromatic rings. The first-order valence-corrected chi connectivity index (χ1v) is 14.9. The molecule has 4 fully saturated rings. The van der Waals surface area contributed by atoms with Gasteiger partial charge in [0, 0.05) is 33.6 Å². The van der Waals surface area contributed by atoms with Crippen LogP contribution in [0.3, 0.4) is 0 Å². The summed E-state index contributed by atoms with van der Waals surface area (Å²) in [6.45, 7) is 8.84. The summed E-state index contributed by atoms with van der Waals surface area (Å²) in [5.74, 6) is 4.04. The summed E-state index contributed by atoms with van der Waals surface area (Å²) in [6, 6.07) is 0. The number of hydrogen-bond acceptors (Lipinski definition) is 3. The topological polar surface area (TPSA) is 60.9 Å². The third kappa shape index (κ3) is 4.35. The van der Waals surface area contributed by atoms with Crippen molar-refractivity contribution in [3.05, 3.63) is 11.6 Å². The zero-order valence-corrected chi connectivity index (χ0v) is 23.5. The molecule has 1 aliphatic heterocycles. The predicted molar refractivity (Wildman–Crippen MR) is 143 cm³/mol. The summed E-state index contributed by atoms with van der Waals surface area (Å²) in [7, 11) is 3.61. The van der Waals surface area contributed by atoms with Gasteiger partial charge in [-0.2, -0.15) is 0 Å². The van der Waals surface area contributed by atoms with Crippen molar-refractivity contribution in [2.45, 2.75) is 97.5 Å². The number of carbonyl (C=O) groups excluding carboxylic acids is 2. The number of hydrogen-bond donors (Lipinski definition) is 1. The maximum atomic E-state index is 13.0. The van der Waals surface area contributed by atoms with Gasteiger partial charge >= 0.3 is 0 Å². The zero-order valence-electron chi connectivity index (χ0n) is 23.5. The van der Waals surface area contributed by atoms with Crippen LogP contribution >= 0.6 is 0 Å². The van der Waals surface area contributed by atoms with E-state index in [2.05, 4.69) is 26.8 Å². The molecule has 5 nitrogen and oxygen atoms in total. The van der Waals surface area contributed by atoms with Crippen molar-refractivity contribution in [3.63, 3.8) is 0 Å². The minimum Gasteiger partial charge on any atom is -0.393 e. The Balaban J connectivity index is 1.19. The highest BCUT2D eigenvalue weighted by Gasteiger charge is 2.59. The Labute approximate surface area is 219 Å². The van der Waals surface area contributed by atoms with Crippen LogP contribution < -0.4 is 0 Å². The van der Waals surface area contributed by atoms with E-state index in [9.17, 15) is 14.7 Å². The Hall–Kier alpha value is -1.36. The standard InChI is InChI=1S/C31H50N2O3/c1-20(6-11-28(35)33-17-14-21(19-33)29(36)32(4)5)25-9-10-26-24-8-7-22-18-23(34)12-15-30(22,2)27(24)13-16-31(25,26)3/h7,20-21,23-27,34H,6,8-19H2,1-5H3/t20?,21-,23-,24-,25+,26-,27-,30-,31+/m0/s1. The molecule has 0 spiro atoms. The minimum atomic E-state index is -0.130. The number of aliphatic hydroxyl groups is 1.